The normalized spacial score (nSPS) is 8.92. The molecule has 0 aromatic heterocycles. The van der Waals surface area contributed by atoms with Crippen LogP contribution in [0, 0.1) is 0 Å². The summed E-state index contributed by atoms with van der Waals surface area (Å²) in [5.74, 6) is 0.0808. The summed E-state index contributed by atoms with van der Waals surface area (Å²) in [5, 5.41) is 8.65. The van der Waals surface area contributed by atoms with Crippen molar-refractivity contribution >= 4 is 0 Å². The van der Waals surface area contributed by atoms with E-state index < -0.39 is 0 Å². The lowest BCUT2D eigenvalue weighted by atomic mass is 10.1. The van der Waals surface area contributed by atoms with E-state index in [9.17, 15) is 0 Å². The maximum absolute atomic E-state index is 8.65. The molecule has 0 aromatic carbocycles. The predicted octanol–water partition coefficient (Wildman–Crippen LogP) is 4.00. The minimum atomic E-state index is 0.0808. The minimum absolute atomic E-state index is 0.0808. The van der Waals surface area contributed by atoms with Crippen molar-refractivity contribution in [3.63, 3.8) is 0 Å². The number of aliphatic hydroxyl groups is 1. The van der Waals surface area contributed by atoms with Gasteiger partial charge in [-0.2, -0.15) is 0 Å². The molecule has 1 heteroatoms. The van der Waals surface area contributed by atoms with Gasteiger partial charge in [-0.25, -0.2) is 0 Å². The summed E-state index contributed by atoms with van der Waals surface area (Å²) in [6.45, 7) is 13.2. The van der Waals surface area contributed by atoms with Gasteiger partial charge >= 0.3 is 0 Å². The van der Waals surface area contributed by atoms with Crippen molar-refractivity contribution in [2.24, 2.45) is 0 Å². The lowest BCUT2D eigenvalue weighted by molar-refractivity contribution is 0.435. The molecule has 0 heterocycles. The van der Waals surface area contributed by atoms with Gasteiger partial charge in [0, 0.05) is 0 Å². The van der Waals surface area contributed by atoms with Crippen molar-refractivity contribution in [1.29, 1.82) is 0 Å². The second-order valence-electron chi connectivity index (χ2n) is 2.23. The largest absolute Gasteiger partial charge is 0.509 e. The molecule has 0 bridgehead atoms. The molecule has 0 spiro atoms. The van der Waals surface area contributed by atoms with Gasteiger partial charge in [-0.15, -0.1) is 0 Å². The molecule has 0 saturated heterocycles. The maximum atomic E-state index is 8.65. The van der Waals surface area contributed by atoms with Crippen molar-refractivity contribution in [3.05, 3.63) is 36.6 Å². The Morgan fingerprint density at radius 2 is 1.75 bits per heavy atom. The van der Waals surface area contributed by atoms with Crippen LogP contribution < -0.4 is 0 Å². The van der Waals surface area contributed by atoms with Gasteiger partial charge in [-0.1, -0.05) is 52.0 Å². The van der Waals surface area contributed by atoms with Gasteiger partial charge in [0.1, 0.15) is 5.76 Å². The van der Waals surface area contributed by atoms with Crippen molar-refractivity contribution in [3.8, 4) is 0 Å². The third-order valence-corrected chi connectivity index (χ3v) is 1.08. The number of aliphatic hydroxyl groups excluding tert-OH is 1. The molecule has 0 aromatic rings. The van der Waals surface area contributed by atoms with Gasteiger partial charge in [-0.05, 0) is 12.5 Å². The molecule has 0 aliphatic heterocycles. The van der Waals surface area contributed by atoms with E-state index in [1.807, 2.05) is 13.8 Å². The second-order valence-corrected chi connectivity index (χ2v) is 2.23. The van der Waals surface area contributed by atoms with Gasteiger partial charge in [0.05, 0.1) is 0 Å². The summed E-state index contributed by atoms with van der Waals surface area (Å²) in [5.41, 5.74) is 1.03. The van der Waals surface area contributed by atoms with E-state index in [2.05, 4.69) is 20.1 Å². The zero-order valence-electron chi connectivity index (χ0n) is 8.43. The number of allylic oxidation sites excluding steroid dienone is 3. The molecule has 0 unspecified atom stereocenters. The Morgan fingerprint density at radius 3 is 2.08 bits per heavy atom. The number of rotatable bonds is 4. The van der Waals surface area contributed by atoms with Crippen molar-refractivity contribution in [1.82, 2.24) is 0 Å². The van der Waals surface area contributed by atoms with Crippen LogP contribution >= 0.6 is 0 Å². The third kappa shape index (κ3) is 11.8. The number of hydrogen-bond donors (Lipinski definition) is 1. The van der Waals surface area contributed by atoms with E-state index in [0.29, 0.717) is 0 Å². The highest BCUT2D eigenvalue weighted by Gasteiger charge is 1.84. The average Bonchev–Trinajstić information content (AvgIpc) is 2.05. The zero-order valence-corrected chi connectivity index (χ0v) is 8.43. The van der Waals surface area contributed by atoms with E-state index in [0.717, 1.165) is 18.4 Å². The number of hydrogen-bond acceptors (Lipinski definition) is 1. The third-order valence-electron chi connectivity index (χ3n) is 1.08. The standard InChI is InChI=1S/C9H14O.C2H6/c1-4-5-8(2)6-7-9(3)10;1-2/h6-7,10H,2-5H2,1H3;1-2H3/b7-6-;. The SMILES string of the molecule is C=C(O)/C=C\C(=C)CCC.CC. The molecule has 0 atom stereocenters. The summed E-state index contributed by atoms with van der Waals surface area (Å²) in [4.78, 5) is 0. The molecule has 70 valence electrons. The lowest BCUT2D eigenvalue weighted by Gasteiger charge is -1.93. The Bertz CT molecular complexity index is 154. The van der Waals surface area contributed by atoms with Gasteiger partial charge in [0.2, 0.25) is 0 Å². The molecule has 0 rings (SSSR count). The summed E-state index contributed by atoms with van der Waals surface area (Å²) >= 11 is 0. The summed E-state index contributed by atoms with van der Waals surface area (Å²) in [6.07, 6.45) is 5.40. The first kappa shape index (κ1) is 13.6. The van der Waals surface area contributed by atoms with Gasteiger partial charge in [0.25, 0.3) is 0 Å². The first-order chi connectivity index (χ1) is 5.66. The molecule has 0 aliphatic carbocycles. The van der Waals surface area contributed by atoms with Gasteiger partial charge in [0.15, 0.2) is 0 Å². The van der Waals surface area contributed by atoms with E-state index in [1.165, 1.54) is 0 Å². The minimum Gasteiger partial charge on any atom is -0.509 e. The van der Waals surface area contributed by atoms with Gasteiger partial charge in [-0.3, -0.25) is 0 Å². The van der Waals surface area contributed by atoms with E-state index >= 15 is 0 Å². The van der Waals surface area contributed by atoms with Crippen LogP contribution in [0.15, 0.2) is 36.6 Å². The Balaban J connectivity index is 0. The monoisotopic (exact) mass is 168 g/mol. The van der Waals surface area contributed by atoms with Crippen LogP contribution in [0.25, 0.3) is 0 Å². The highest BCUT2D eigenvalue weighted by atomic mass is 16.3. The molecule has 0 saturated carbocycles. The smallest absolute Gasteiger partial charge is 0.108 e. The van der Waals surface area contributed by atoms with Crippen molar-refractivity contribution in [2.45, 2.75) is 33.6 Å². The Morgan fingerprint density at radius 1 is 1.25 bits per heavy atom. The molecule has 12 heavy (non-hydrogen) atoms. The highest BCUT2D eigenvalue weighted by molar-refractivity contribution is 5.20. The van der Waals surface area contributed by atoms with E-state index in [1.54, 1.807) is 12.2 Å². The molecule has 1 nitrogen and oxygen atoms in total. The van der Waals surface area contributed by atoms with Crippen LogP contribution in [0.2, 0.25) is 0 Å². The highest BCUT2D eigenvalue weighted by Crippen LogP contribution is 2.03. The van der Waals surface area contributed by atoms with Crippen LogP contribution in [0.3, 0.4) is 0 Å². The van der Waals surface area contributed by atoms with Crippen LogP contribution in [0.1, 0.15) is 33.6 Å². The first-order valence-corrected chi connectivity index (χ1v) is 4.40. The Labute approximate surface area is 76.1 Å². The second kappa shape index (κ2) is 10.0. The van der Waals surface area contributed by atoms with Gasteiger partial charge < -0.3 is 5.11 Å². The molecular formula is C11H20O. The van der Waals surface area contributed by atoms with Crippen LogP contribution in [-0.2, 0) is 0 Å². The molecule has 0 radical (unpaired) electrons. The first-order valence-electron chi connectivity index (χ1n) is 4.40. The van der Waals surface area contributed by atoms with E-state index in [-0.39, 0.29) is 5.76 Å². The summed E-state index contributed by atoms with van der Waals surface area (Å²) in [6, 6.07) is 0. The molecular weight excluding hydrogens is 148 g/mol. The van der Waals surface area contributed by atoms with Crippen LogP contribution in [0.4, 0.5) is 0 Å². The quantitative estimate of drug-likeness (QED) is 0.497. The Hall–Kier alpha value is -0.980. The molecule has 0 fully saturated rings. The van der Waals surface area contributed by atoms with E-state index in [4.69, 9.17) is 5.11 Å². The predicted molar refractivity (Wildman–Crippen MR) is 56.3 cm³/mol. The molecule has 0 aliphatic rings. The van der Waals surface area contributed by atoms with Crippen LogP contribution in [-0.4, -0.2) is 5.11 Å². The van der Waals surface area contributed by atoms with Crippen LogP contribution in [0.5, 0.6) is 0 Å². The summed E-state index contributed by atoms with van der Waals surface area (Å²) in [7, 11) is 0. The molecule has 0 amide bonds. The average molecular weight is 168 g/mol. The fourth-order valence-corrected chi connectivity index (χ4v) is 0.618. The maximum Gasteiger partial charge on any atom is 0.108 e. The topological polar surface area (TPSA) is 20.2 Å². The zero-order chi connectivity index (χ0) is 9.98. The molecule has 1 N–H and O–H groups in total. The van der Waals surface area contributed by atoms with Crippen molar-refractivity contribution in [2.75, 3.05) is 0 Å². The fourth-order valence-electron chi connectivity index (χ4n) is 0.618. The van der Waals surface area contributed by atoms with Crippen molar-refractivity contribution < 1.29 is 5.11 Å². The fraction of sp³-hybridized carbons (Fsp3) is 0.455. The summed E-state index contributed by atoms with van der Waals surface area (Å²) < 4.78 is 0. The Kier molecular flexibility index (Phi) is 11.4. The lowest BCUT2D eigenvalue weighted by Crippen LogP contribution is -1.74.